The van der Waals surface area contributed by atoms with Crippen LogP contribution in [0.1, 0.15) is 0 Å². The van der Waals surface area contributed by atoms with E-state index in [-0.39, 0.29) is 6.07 Å². The number of nitrogens with two attached hydrogens (primary N) is 1. The van der Waals surface area contributed by atoms with Crippen molar-refractivity contribution in [1.82, 2.24) is 4.98 Å². The number of hydrogen-bond acceptors (Lipinski definition) is 6. The number of hydrogen-bond donors (Lipinski definition) is 1. The number of rotatable bonds is 3. The molecule has 19 heavy (non-hydrogen) atoms. The maximum absolute atomic E-state index is 13.2. The normalized spacial score (nSPS) is 12.3. The Kier molecular flexibility index (Phi) is 3.63. The van der Waals surface area contributed by atoms with Gasteiger partial charge in [-0.2, -0.15) is 4.98 Å². The van der Waals surface area contributed by atoms with Crippen LogP contribution in [-0.4, -0.2) is 24.7 Å². The number of halogens is 4. The molecule has 0 spiro atoms. The lowest BCUT2D eigenvalue weighted by Gasteiger charge is -2.09. The van der Waals surface area contributed by atoms with Gasteiger partial charge in [0, 0.05) is 0 Å². The van der Waals surface area contributed by atoms with Crippen molar-refractivity contribution in [2.45, 2.75) is 11.4 Å². The minimum atomic E-state index is -5.38. The standard InChI is InChI=1S/C6H3F4N3O5S/c7-2-1-3(13(14)15)4(18-6(8,9)10)12-5(2)19(11,16)17/h1H,(H2,11,16,17). The molecule has 0 fully saturated rings. The van der Waals surface area contributed by atoms with E-state index in [4.69, 9.17) is 0 Å². The van der Waals surface area contributed by atoms with Gasteiger partial charge in [0.25, 0.3) is 10.0 Å². The van der Waals surface area contributed by atoms with E-state index in [1.54, 1.807) is 0 Å². The quantitative estimate of drug-likeness (QED) is 0.497. The number of ether oxygens (including phenoxy) is 1. The first-order chi connectivity index (χ1) is 8.42. The van der Waals surface area contributed by atoms with Crippen molar-refractivity contribution in [3.05, 3.63) is 22.0 Å². The third-order valence-electron chi connectivity index (χ3n) is 1.57. The third-order valence-corrected chi connectivity index (χ3v) is 2.39. The summed E-state index contributed by atoms with van der Waals surface area (Å²) in [5, 5.41) is 13.3. The zero-order valence-electron chi connectivity index (χ0n) is 8.51. The fraction of sp³-hybridized carbons (Fsp3) is 0.167. The second-order valence-corrected chi connectivity index (χ2v) is 4.43. The van der Waals surface area contributed by atoms with Gasteiger partial charge in [0.2, 0.25) is 5.03 Å². The van der Waals surface area contributed by atoms with E-state index in [1.165, 1.54) is 0 Å². The molecule has 106 valence electrons. The smallest absolute Gasteiger partial charge is 0.381 e. The van der Waals surface area contributed by atoms with Crippen molar-refractivity contribution in [3.63, 3.8) is 0 Å². The molecule has 0 atom stereocenters. The summed E-state index contributed by atoms with van der Waals surface area (Å²) in [6.07, 6.45) is -5.38. The Morgan fingerprint density at radius 1 is 1.42 bits per heavy atom. The van der Waals surface area contributed by atoms with Gasteiger partial charge >= 0.3 is 17.9 Å². The summed E-state index contributed by atoms with van der Waals surface area (Å²) in [7, 11) is -4.81. The summed E-state index contributed by atoms with van der Waals surface area (Å²) in [5.41, 5.74) is -1.50. The van der Waals surface area contributed by atoms with E-state index < -0.39 is 43.7 Å². The maximum atomic E-state index is 13.2. The Labute approximate surface area is 102 Å². The highest BCUT2D eigenvalue weighted by Crippen LogP contribution is 2.32. The molecule has 13 heteroatoms. The lowest BCUT2D eigenvalue weighted by molar-refractivity contribution is -0.389. The molecular formula is C6H3F4N3O5S. The second-order valence-electron chi connectivity index (χ2n) is 2.95. The van der Waals surface area contributed by atoms with Gasteiger partial charge in [-0.1, -0.05) is 0 Å². The molecule has 0 amide bonds. The Hall–Kier alpha value is -2.02. The highest BCUT2D eigenvalue weighted by atomic mass is 32.2. The molecule has 8 nitrogen and oxygen atoms in total. The highest BCUT2D eigenvalue weighted by molar-refractivity contribution is 7.89. The van der Waals surface area contributed by atoms with E-state index >= 15 is 0 Å². The first-order valence-electron chi connectivity index (χ1n) is 4.05. The molecule has 0 aromatic carbocycles. The van der Waals surface area contributed by atoms with Gasteiger partial charge < -0.3 is 4.74 Å². The van der Waals surface area contributed by atoms with Crippen LogP contribution in [-0.2, 0) is 10.0 Å². The van der Waals surface area contributed by atoms with E-state index in [2.05, 4.69) is 14.9 Å². The fourth-order valence-corrected chi connectivity index (χ4v) is 1.50. The Morgan fingerprint density at radius 3 is 2.32 bits per heavy atom. The molecule has 0 aliphatic rings. The molecule has 0 saturated heterocycles. The second kappa shape index (κ2) is 4.58. The largest absolute Gasteiger partial charge is 0.574 e. The third kappa shape index (κ3) is 3.72. The molecule has 0 aliphatic heterocycles. The first-order valence-corrected chi connectivity index (χ1v) is 5.60. The summed E-state index contributed by atoms with van der Waals surface area (Å²) < 4.78 is 73.8. The Morgan fingerprint density at radius 2 is 1.95 bits per heavy atom. The highest BCUT2D eigenvalue weighted by Gasteiger charge is 2.37. The number of primary sulfonamides is 1. The van der Waals surface area contributed by atoms with E-state index in [0.29, 0.717) is 0 Å². The zero-order chi connectivity index (χ0) is 15.0. The SMILES string of the molecule is NS(=O)(=O)c1nc(OC(F)(F)F)c([N+](=O)[O-])cc1F. The van der Waals surface area contributed by atoms with Crippen molar-refractivity contribution in [2.75, 3.05) is 0 Å². The molecule has 0 aliphatic carbocycles. The summed E-state index contributed by atoms with van der Waals surface area (Å²) in [6, 6.07) is -0.0895. The van der Waals surface area contributed by atoms with Crippen LogP contribution < -0.4 is 9.88 Å². The van der Waals surface area contributed by atoms with Crippen LogP contribution in [0, 0.1) is 15.9 Å². The predicted octanol–water partition coefficient (Wildman–Crippen LogP) is 0.675. The zero-order valence-corrected chi connectivity index (χ0v) is 9.33. The van der Waals surface area contributed by atoms with Crippen molar-refractivity contribution in [3.8, 4) is 5.88 Å². The molecule has 0 radical (unpaired) electrons. The minimum Gasteiger partial charge on any atom is -0.381 e. The number of aromatic nitrogens is 1. The van der Waals surface area contributed by atoms with Gasteiger partial charge in [-0.15, -0.1) is 13.2 Å². The van der Waals surface area contributed by atoms with Crippen LogP contribution in [0.4, 0.5) is 23.2 Å². The molecule has 2 N–H and O–H groups in total. The molecule has 1 aromatic heterocycles. The van der Waals surface area contributed by atoms with Crippen LogP contribution in [0.2, 0.25) is 0 Å². The van der Waals surface area contributed by atoms with E-state index in [1.807, 2.05) is 0 Å². The lowest BCUT2D eigenvalue weighted by atomic mass is 10.4. The average molecular weight is 305 g/mol. The van der Waals surface area contributed by atoms with Gasteiger partial charge in [0.15, 0.2) is 5.82 Å². The van der Waals surface area contributed by atoms with Gasteiger partial charge in [-0.05, 0) is 0 Å². The van der Waals surface area contributed by atoms with Crippen molar-refractivity contribution >= 4 is 15.7 Å². The van der Waals surface area contributed by atoms with Crippen LogP contribution >= 0.6 is 0 Å². The number of alkyl halides is 3. The van der Waals surface area contributed by atoms with Crippen molar-refractivity contribution < 1.29 is 35.6 Å². The molecule has 1 aromatic rings. The number of sulfonamides is 1. The topological polar surface area (TPSA) is 125 Å². The van der Waals surface area contributed by atoms with Gasteiger partial charge in [-0.3, -0.25) is 10.1 Å². The fourth-order valence-electron chi connectivity index (χ4n) is 0.961. The van der Waals surface area contributed by atoms with E-state index in [0.717, 1.165) is 0 Å². The van der Waals surface area contributed by atoms with Crippen molar-refractivity contribution in [1.29, 1.82) is 0 Å². The minimum absolute atomic E-state index is 0.0895. The Balaban J connectivity index is 3.53. The molecule has 0 unspecified atom stereocenters. The van der Waals surface area contributed by atoms with Crippen LogP contribution in [0.3, 0.4) is 0 Å². The average Bonchev–Trinajstić information content (AvgIpc) is 2.15. The molecule has 1 rings (SSSR count). The summed E-state index contributed by atoms with van der Waals surface area (Å²) in [6.45, 7) is 0. The van der Waals surface area contributed by atoms with Gasteiger partial charge in [0.05, 0.1) is 11.0 Å². The van der Waals surface area contributed by atoms with Crippen molar-refractivity contribution in [2.24, 2.45) is 5.14 Å². The summed E-state index contributed by atoms with van der Waals surface area (Å²) >= 11 is 0. The molecule has 0 saturated carbocycles. The molecular weight excluding hydrogens is 302 g/mol. The van der Waals surface area contributed by atoms with Gasteiger partial charge in [0.1, 0.15) is 0 Å². The predicted molar refractivity (Wildman–Crippen MR) is 48.9 cm³/mol. The number of pyridine rings is 1. The number of nitro groups is 1. The molecule has 0 bridgehead atoms. The number of nitrogens with zero attached hydrogens (tertiary/aromatic N) is 2. The lowest BCUT2D eigenvalue weighted by Crippen LogP contribution is -2.21. The van der Waals surface area contributed by atoms with Crippen LogP contribution in [0.5, 0.6) is 5.88 Å². The summed E-state index contributed by atoms with van der Waals surface area (Å²) in [5.74, 6) is -3.51. The van der Waals surface area contributed by atoms with Crippen LogP contribution in [0.15, 0.2) is 11.1 Å². The van der Waals surface area contributed by atoms with Crippen LogP contribution in [0.25, 0.3) is 0 Å². The van der Waals surface area contributed by atoms with E-state index in [9.17, 15) is 36.1 Å². The summed E-state index contributed by atoms with van der Waals surface area (Å²) in [4.78, 5) is 11.5. The molecule has 1 heterocycles. The van der Waals surface area contributed by atoms with Gasteiger partial charge in [-0.25, -0.2) is 17.9 Å². The first kappa shape index (κ1) is 15.0. The maximum Gasteiger partial charge on any atom is 0.574 e. The Bertz CT molecular complexity index is 628. The monoisotopic (exact) mass is 305 g/mol.